The van der Waals surface area contributed by atoms with Crippen molar-refractivity contribution in [1.29, 1.82) is 0 Å². The molecule has 2 heterocycles. The third-order valence-corrected chi connectivity index (χ3v) is 3.83. The first kappa shape index (κ1) is 13.0. The molecule has 0 radical (unpaired) electrons. The quantitative estimate of drug-likeness (QED) is 0.548. The number of rotatable bonds is 3. The third kappa shape index (κ3) is 1.36. The molecule has 1 saturated heterocycles. The van der Waals surface area contributed by atoms with Crippen LogP contribution in [0.3, 0.4) is 0 Å². The minimum atomic E-state index is -1.23. The Hall–Kier alpha value is -1.40. The van der Waals surface area contributed by atoms with Crippen molar-refractivity contribution < 1.29 is 23.8 Å². The first-order valence-electron chi connectivity index (χ1n) is 5.68. The monoisotopic (exact) mass is 255 g/mol. The Labute approximate surface area is 105 Å². The van der Waals surface area contributed by atoms with Gasteiger partial charge in [-0.2, -0.15) is 0 Å². The van der Waals surface area contributed by atoms with Crippen LogP contribution in [0.25, 0.3) is 0 Å². The zero-order chi connectivity index (χ0) is 13.6. The standard InChI is InChI=1S/C12H17NO5/c1-11-6-5-7(18-11)12(13-2,10(15)17-4)8(11)9(14)16-3/h5-8,13H,1-4H3. The number of hydrogen-bond acceptors (Lipinski definition) is 6. The van der Waals surface area contributed by atoms with Crippen LogP contribution in [0.15, 0.2) is 12.2 Å². The second-order valence-corrected chi connectivity index (χ2v) is 4.65. The number of methoxy groups -OCH3 is 2. The summed E-state index contributed by atoms with van der Waals surface area (Å²) in [7, 11) is 4.18. The van der Waals surface area contributed by atoms with E-state index in [-0.39, 0.29) is 0 Å². The van der Waals surface area contributed by atoms with Gasteiger partial charge in [-0.05, 0) is 14.0 Å². The lowest BCUT2D eigenvalue weighted by Gasteiger charge is -2.37. The van der Waals surface area contributed by atoms with E-state index in [9.17, 15) is 9.59 Å². The second-order valence-electron chi connectivity index (χ2n) is 4.65. The Kier molecular flexibility index (Phi) is 2.95. The van der Waals surface area contributed by atoms with Gasteiger partial charge in [0, 0.05) is 0 Å². The van der Waals surface area contributed by atoms with Gasteiger partial charge < -0.3 is 19.5 Å². The van der Waals surface area contributed by atoms with Gasteiger partial charge in [-0.1, -0.05) is 12.2 Å². The fourth-order valence-corrected chi connectivity index (χ4v) is 2.99. The number of ether oxygens (including phenoxy) is 3. The van der Waals surface area contributed by atoms with E-state index >= 15 is 0 Å². The average molecular weight is 255 g/mol. The van der Waals surface area contributed by atoms with E-state index < -0.39 is 35.1 Å². The number of esters is 2. The van der Waals surface area contributed by atoms with Crippen LogP contribution < -0.4 is 5.32 Å². The highest BCUT2D eigenvalue weighted by atomic mass is 16.6. The van der Waals surface area contributed by atoms with Crippen molar-refractivity contribution in [2.45, 2.75) is 24.2 Å². The molecule has 0 aromatic rings. The molecule has 4 unspecified atom stereocenters. The van der Waals surface area contributed by atoms with Crippen molar-refractivity contribution in [3.63, 3.8) is 0 Å². The topological polar surface area (TPSA) is 73.9 Å². The van der Waals surface area contributed by atoms with Gasteiger partial charge in [0.25, 0.3) is 0 Å². The Balaban J connectivity index is 2.54. The zero-order valence-corrected chi connectivity index (χ0v) is 10.9. The second kappa shape index (κ2) is 4.07. The Morgan fingerprint density at radius 3 is 2.50 bits per heavy atom. The van der Waals surface area contributed by atoms with Gasteiger partial charge in [-0.15, -0.1) is 0 Å². The maximum absolute atomic E-state index is 12.1. The average Bonchev–Trinajstić information content (AvgIpc) is 2.88. The van der Waals surface area contributed by atoms with Gasteiger partial charge in [-0.25, -0.2) is 4.79 Å². The smallest absolute Gasteiger partial charge is 0.330 e. The van der Waals surface area contributed by atoms with Crippen molar-refractivity contribution in [3.8, 4) is 0 Å². The Bertz CT molecular complexity index is 421. The van der Waals surface area contributed by atoms with Crippen LogP contribution in [0.2, 0.25) is 0 Å². The van der Waals surface area contributed by atoms with Crippen LogP contribution in [-0.4, -0.2) is 50.4 Å². The fraction of sp³-hybridized carbons (Fsp3) is 0.667. The molecule has 0 amide bonds. The first-order chi connectivity index (χ1) is 8.46. The summed E-state index contributed by atoms with van der Waals surface area (Å²) < 4.78 is 15.4. The maximum atomic E-state index is 12.1. The van der Waals surface area contributed by atoms with E-state index in [0.717, 1.165) is 0 Å². The van der Waals surface area contributed by atoms with Gasteiger partial charge in [-0.3, -0.25) is 4.79 Å². The van der Waals surface area contributed by atoms with Gasteiger partial charge >= 0.3 is 11.9 Å². The van der Waals surface area contributed by atoms with Gasteiger partial charge in [0.1, 0.15) is 17.6 Å². The molecule has 2 aliphatic heterocycles. The third-order valence-electron chi connectivity index (χ3n) is 3.83. The van der Waals surface area contributed by atoms with Crippen molar-refractivity contribution in [3.05, 3.63) is 12.2 Å². The normalized spacial score (nSPS) is 40.9. The summed E-state index contributed by atoms with van der Waals surface area (Å²) >= 11 is 0. The van der Waals surface area contributed by atoms with Crippen LogP contribution in [0, 0.1) is 5.92 Å². The highest BCUT2D eigenvalue weighted by molar-refractivity contribution is 5.92. The van der Waals surface area contributed by atoms with Crippen LogP contribution in [-0.2, 0) is 23.8 Å². The molecular weight excluding hydrogens is 238 g/mol. The lowest BCUT2D eigenvalue weighted by atomic mass is 9.70. The molecule has 1 N–H and O–H groups in total. The summed E-state index contributed by atoms with van der Waals surface area (Å²) in [5, 5.41) is 2.90. The number of likely N-dealkylation sites (N-methyl/N-ethyl adjacent to an activating group) is 1. The molecule has 4 atom stereocenters. The zero-order valence-electron chi connectivity index (χ0n) is 10.9. The predicted octanol–water partition coefficient (Wildman–Crippen LogP) is -0.366. The van der Waals surface area contributed by atoms with E-state index in [0.29, 0.717) is 0 Å². The van der Waals surface area contributed by atoms with E-state index in [1.54, 1.807) is 26.1 Å². The van der Waals surface area contributed by atoms with Crippen LogP contribution in [0.5, 0.6) is 0 Å². The highest BCUT2D eigenvalue weighted by Crippen LogP contribution is 2.50. The summed E-state index contributed by atoms with van der Waals surface area (Å²) in [5.41, 5.74) is -2.08. The fourth-order valence-electron chi connectivity index (χ4n) is 2.99. The lowest BCUT2D eigenvalue weighted by Crippen LogP contribution is -2.65. The number of fused-ring (bicyclic) bond motifs is 2. The lowest BCUT2D eigenvalue weighted by molar-refractivity contribution is -0.161. The molecule has 0 aliphatic carbocycles. The van der Waals surface area contributed by atoms with Crippen molar-refractivity contribution >= 4 is 11.9 Å². The first-order valence-corrected chi connectivity index (χ1v) is 5.68. The number of hydrogen-bond donors (Lipinski definition) is 1. The number of carbonyl (C=O) groups is 2. The number of carbonyl (C=O) groups excluding carboxylic acids is 2. The highest BCUT2D eigenvalue weighted by Gasteiger charge is 2.70. The summed E-state index contributed by atoms with van der Waals surface area (Å²) in [6, 6.07) is 0. The van der Waals surface area contributed by atoms with Gasteiger partial charge in [0.2, 0.25) is 0 Å². The van der Waals surface area contributed by atoms with Crippen molar-refractivity contribution in [2.75, 3.05) is 21.3 Å². The molecule has 6 heteroatoms. The molecule has 0 spiro atoms. The Morgan fingerprint density at radius 1 is 1.33 bits per heavy atom. The van der Waals surface area contributed by atoms with E-state index in [1.165, 1.54) is 14.2 Å². The summed E-state index contributed by atoms with van der Waals surface area (Å²) in [6.45, 7) is 1.76. The molecule has 100 valence electrons. The SMILES string of the molecule is CNC1(C(=O)OC)C2C=CC(C)(O2)C1C(=O)OC. The molecule has 0 aromatic carbocycles. The molecule has 1 fully saturated rings. The van der Waals surface area contributed by atoms with Crippen molar-refractivity contribution in [1.82, 2.24) is 5.32 Å². The molecule has 0 saturated carbocycles. The Morgan fingerprint density at radius 2 is 2.00 bits per heavy atom. The van der Waals surface area contributed by atoms with Crippen LogP contribution in [0.1, 0.15) is 6.92 Å². The van der Waals surface area contributed by atoms with E-state index in [1.807, 2.05) is 0 Å². The largest absolute Gasteiger partial charge is 0.469 e. The molecule has 2 aliphatic rings. The number of nitrogens with one attached hydrogen (secondary N) is 1. The molecular formula is C12H17NO5. The van der Waals surface area contributed by atoms with E-state index in [4.69, 9.17) is 14.2 Å². The molecule has 2 rings (SSSR count). The van der Waals surface area contributed by atoms with Gasteiger partial charge in [0.15, 0.2) is 5.54 Å². The van der Waals surface area contributed by atoms with Crippen LogP contribution in [0.4, 0.5) is 0 Å². The maximum Gasteiger partial charge on any atom is 0.330 e. The molecule has 2 bridgehead atoms. The minimum absolute atomic E-state index is 0.496. The minimum Gasteiger partial charge on any atom is -0.469 e. The van der Waals surface area contributed by atoms with Gasteiger partial charge in [0.05, 0.1) is 14.2 Å². The van der Waals surface area contributed by atoms with Crippen LogP contribution >= 0.6 is 0 Å². The summed E-state index contributed by atoms with van der Waals surface area (Å²) in [4.78, 5) is 24.1. The molecule has 6 nitrogen and oxygen atoms in total. The van der Waals surface area contributed by atoms with Crippen molar-refractivity contribution in [2.24, 2.45) is 5.92 Å². The summed E-state index contributed by atoms with van der Waals surface area (Å²) in [5.74, 6) is -1.80. The predicted molar refractivity (Wildman–Crippen MR) is 61.7 cm³/mol. The molecule has 18 heavy (non-hydrogen) atoms. The molecule has 0 aromatic heterocycles. The summed E-state index contributed by atoms with van der Waals surface area (Å²) in [6.07, 6.45) is 3.02. The van der Waals surface area contributed by atoms with E-state index in [2.05, 4.69) is 5.32 Å².